The van der Waals surface area contributed by atoms with Crippen LogP contribution >= 0.6 is 0 Å². The number of methoxy groups -OCH3 is 1. The third-order valence-corrected chi connectivity index (χ3v) is 3.96. The fourth-order valence-electron chi connectivity index (χ4n) is 2.32. The highest BCUT2D eigenvalue weighted by Gasteiger charge is 2.50. The van der Waals surface area contributed by atoms with Crippen molar-refractivity contribution in [3.63, 3.8) is 0 Å². The van der Waals surface area contributed by atoms with Crippen molar-refractivity contribution in [3.8, 4) is 0 Å². The van der Waals surface area contributed by atoms with Crippen LogP contribution in [0.25, 0.3) is 0 Å². The molecule has 1 fully saturated rings. The second-order valence-corrected chi connectivity index (χ2v) is 5.37. The molecular weight excluding hydrogens is 238 g/mol. The first-order chi connectivity index (χ1) is 9.20. The van der Waals surface area contributed by atoms with Gasteiger partial charge in [0.05, 0.1) is 12.5 Å². The molecule has 0 bridgehead atoms. The van der Waals surface area contributed by atoms with Crippen molar-refractivity contribution in [2.24, 2.45) is 5.41 Å². The summed E-state index contributed by atoms with van der Waals surface area (Å²) in [7, 11) is 1.47. The molecule has 0 spiro atoms. The SMILES string of the molecule is CCc1ccc(CCNCC2(C(=O)OC)CC2)cc1. The number of rotatable bonds is 7. The van der Waals surface area contributed by atoms with Crippen molar-refractivity contribution in [1.82, 2.24) is 5.32 Å². The Labute approximate surface area is 115 Å². The minimum Gasteiger partial charge on any atom is -0.469 e. The fourth-order valence-corrected chi connectivity index (χ4v) is 2.32. The van der Waals surface area contributed by atoms with Crippen LogP contribution in [0.1, 0.15) is 30.9 Å². The Morgan fingerprint density at radius 3 is 2.42 bits per heavy atom. The zero-order valence-electron chi connectivity index (χ0n) is 11.9. The van der Waals surface area contributed by atoms with Crippen molar-refractivity contribution in [2.45, 2.75) is 32.6 Å². The first-order valence-corrected chi connectivity index (χ1v) is 7.07. The lowest BCUT2D eigenvalue weighted by Crippen LogP contribution is -2.32. The van der Waals surface area contributed by atoms with E-state index in [0.29, 0.717) is 0 Å². The van der Waals surface area contributed by atoms with Crippen molar-refractivity contribution in [3.05, 3.63) is 35.4 Å². The van der Waals surface area contributed by atoms with Crippen LogP contribution in [0.3, 0.4) is 0 Å². The lowest BCUT2D eigenvalue weighted by Gasteiger charge is -2.13. The number of hydrogen-bond donors (Lipinski definition) is 1. The van der Waals surface area contributed by atoms with Crippen LogP contribution in [-0.2, 0) is 22.4 Å². The molecule has 1 aromatic carbocycles. The summed E-state index contributed by atoms with van der Waals surface area (Å²) >= 11 is 0. The normalized spacial score (nSPS) is 16.1. The highest BCUT2D eigenvalue weighted by molar-refractivity contribution is 5.80. The average molecular weight is 261 g/mol. The molecule has 0 heterocycles. The summed E-state index contributed by atoms with van der Waals surface area (Å²) in [4.78, 5) is 11.6. The van der Waals surface area contributed by atoms with E-state index >= 15 is 0 Å². The minimum absolute atomic E-state index is 0.0627. The first kappa shape index (κ1) is 14.1. The van der Waals surface area contributed by atoms with Gasteiger partial charge in [-0.3, -0.25) is 4.79 Å². The molecule has 0 aromatic heterocycles. The molecule has 1 aliphatic carbocycles. The molecule has 3 nitrogen and oxygen atoms in total. The summed E-state index contributed by atoms with van der Waals surface area (Å²) in [5, 5.41) is 3.38. The number of carbonyl (C=O) groups excluding carboxylic acids is 1. The van der Waals surface area contributed by atoms with Gasteiger partial charge in [0.25, 0.3) is 0 Å². The van der Waals surface area contributed by atoms with E-state index in [1.54, 1.807) is 0 Å². The second-order valence-electron chi connectivity index (χ2n) is 5.37. The number of hydrogen-bond acceptors (Lipinski definition) is 3. The number of ether oxygens (including phenoxy) is 1. The lowest BCUT2D eigenvalue weighted by atomic mass is 10.1. The highest BCUT2D eigenvalue weighted by Crippen LogP contribution is 2.45. The summed E-state index contributed by atoms with van der Waals surface area (Å²) in [5.41, 5.74) is 2.49. The third kappa shape index (κ3) is 3.57. The highest BCUT2D eigenvalue weighted by atomic mass is 16.5. The molecule has 1 N–H and O–H groups in total. The Kier molecular flexibility index (Phi) is 4.59. The summed E-state index contributed by atoms with van der Waals surface area (Å²) in [6, 6.07) is 8.75. The maximum absolute atomic E-state index is 11.6. The van der Waals surface area contributed by atoms with Gasteiger partial charge in [0, 0.05) is 6.54 Å². The molecule has 0 amide bonds. The predicted octanol–water partition coefficient (Wildman–Crippen LogP) is 2.33. The smallest absolute Gasteiger partial charge is 0.313 e. The summed E-state index contributed by atoms with van der Waals surface area (Å²) < 4.78 is 4.84. The van der Waals surface area contributed by atoms with Crippen molar-refractivity contribution >= 4 is 5.97 Å². The van der Waals surface area contributed by atoms with Gasteiger partial charge < -0.3 is 10.1 Å². The Balaban J connectivity index is 1.70. The predicted molar refractivity (Wildman–Crippen MR) is 76.1 cm³/mol. The molecule has 3 heteroatoms. The molecule has 0 atom stereocenters. The number of benzene rings is 1. The van der Waals surface area contributed by atoms with E-state index in [-0.39, 0.29) is 11.4 Å². The van der Waals surface area contributed by atoms with Crippen LogP contribution in [0, 0.1) is 5.41 Å². The fraction of sp³-hybridized carbons (Fsp3) is 0.562. The molecule has 1 saturated carbocycles. The monoisotopic (exact) mass is 261 g/mol. The number of aryl methyl sites for hydroxylation is 1. The summed E-state index contributed by atoms with van der Waals surface area (Å²) in [6.45, 7) is 3.81. The topological polar surface area (TPSA) is 38.3 Å². The molecule has 19 heavy (non-hydrogen) atoms. The number of carbonyl (C=O) groups is 1. The molecule has 0 unspecified atom stereocenters. The third-order valence-electron chi connectivity index (χ3n) is 3.96. The van der Waals surface area contributed by atoms with Crippen LogP contribution in [0.2, 0.25) is 0 Å². The van der Waals surface area contributed by atoms with Gasteiger partial charge in [-0.05, 0) is 43.4 Å². The van der Waals surface area contributed by atoms with Gasteiger partial charge in [0.1, 0.15) is 0 Å². The van der Waals surface area contributed by atoms with Crippen LogP contribution in [0.4, 0.5) is 0 Å². The number of nitrogens with one attached hydrogen (secondary N) is 1. The summed E-state index contributed by atoms with van der Waals surface area (Å²) in [6.07, 6.45) is 4.00. The molecule has 0 saturated heterocycles. The van der Waals surface area contributed by atoms with Crippen LogP contribution < -0.4 is 5.32 Å². The van der Waals surface area contributed by atoms with Gasteiger partial charge in [-0.2, -0.15) is 0 Å². The van der Waals surface area contributed by atoms with Crippen LogP contribution in [0.5, 0.6) is 0 Å². The van der Waals surface area contributed by atoms with Gasteiger partial charge >= 0.3 is 5.97 Å². The zero-order valence-corrected chi connectivity index (χ0v) is 11.9. The average Bonchev–Trinajstić information content (AvgIpc) is 3.24. The van der Waals surface area contributed by atoms with E-state index in [1.165, 1.54) is 18.2 Å². The quantitative estimate of drug-likeness (QED) is 0.605. The maximum Gasteiger partial charge on any atom is 0.313 e. The largest absolute Gasteiger partial charge is 0.469 e. The Morgan fingerprint density at radius 2 is 1.89 bits per heavy atom. The maximum atomic E-state index is 11.6. The number of esters is 1. The van der Waals surface area contributed by atoms with Crippen molar-refractivity contribution < 1.29 is 9.53 Å². The molecule has 0 radical (unpaired) electrons. The molecule has 104 valence electrons. The zero-order chi connectivity index (χ0) is 13.7. The van der Waals surface area contributed by atoms with E-state index in [1.807, 2.05) is 0 Å². The standard InChI is InChI=1S/C16H23NO2/c1-3-13-4-6-14(7-5-13)8-11-17-12-16(9-10-16)15(18)19-2/h4-7,17H,3,8-12H2,1-2H3. The molecular formula is C16H23NO2. The van der Waals surface area contributed by atoms with E-state index in [9.17, 15) is 4.79 Å². The minimum atomic E-state index is -0.221. The Hall–Kier alpha value is -1.35. The first-order valence-electron chi connectivity index (χ1n) is 7.07. The molecule has 1 aliphatic rings. The van der Waals surface area contributed by atoms with Crippen molar-refractivity contribution in [2.75, 3.05) is 20.2 Å². The molecule has 0 aliphatic heterocycles. The second kappa shape index (κ2) is 6.20. The van der Waals surface area contributed by atoms with Gasteiger partial charge in [-0.1, -0.05) is 31.2 Å². The lowest BCUT2D eigenvalue weighted by molar-refractivity contribution is -0.146. The van der Waals surface area contributed by atoms with E-state index in [2.05, 4.69) is 36.5 Å². The molecule has 2 rings (SSSR count). The van der Waals surface area contributed by atoms with E-state index in [4.69, 9.17) is 4.74 Å². The van der Waals surface area contributed by atoms with E-state index < -0.39 is 0 Å². The van der Waals surface area contributed by atoms with Gasteiger partial charge in [-0.25, -0.2) is 0 Å². The molecule has 1 aromatic rings. The van der Waals surface area contributed by atoms with E-state index in [0.717, 1.165) is 38.8 Å². The Bertz CT molecular complexity index is 421. The van der Waals surface area contributed by atoms with Crippen LogP contribution in [0.15, 0.2) is 24.3 Å². The van der Waals surface area contributed by atoms with Gasteiger partial charge in [0.15, 0.2) is 0 Å². The van der Waals surface area contributed by atoms with Gasteiger partial charge in [0.2, 0.25) is 0 Å². The Morgan fingerprint density at radius 1 is 1.26 bits per heavy atom. The van der Waals surface area contributed by atoms with Gasteiger partial charge in [-0.15, -0.1) is 0 Å². The summed E-state index contributed by atoms with van der Waals surface area (Å²) in [5.74, 6) is -0.0627. The van der Waals surface area contributed by atoms with Crippen molar-refractivity contribution in [1.29, 1.82) is 0 Å². The van der Waals surface area contributed by atoms with Crippen LogP contribution in [-0.4, -0.2) is 26.2 Å².